The highest BCUT2D eigenvalue weighted by Crippen LogP contribution is 2.38. The summed E-state index contributed by atoms with van der Waals surface area (Å²) in [6.07, 6.45) is 3.49. The summed E-state index contributed by atoms with van der Waals surface area (Å²) in [5.41, 5.74) is -3.00. The number of phenolic OH excluding ortho intramolecular Hbond substituents is 1. The number of nitrogens with zero attached hydrogens (tertiary/aromatic N) is 4. The molecule has 0 aliphatic carbocycles. The van der Waals surface area contributed by atoms with Crippen molar-refractivity contribution < 1.29 is 19.9 Å². The Morgan fingerprint density at radius 2 is 1.52 bits per heavy atom. The van der Waals surface area contributed by atoms with Crippen LogP contribution in [0.4, 0.5) is 17.1 Å². The molecule has 2 aromatic rings. The third-order valence-electron chi connectivity index (χ3n) is 2.28. The number of hydrogen-bond donors (Lipinski definition) is 1. The number of nitro benzene ring substituents is 3. The number of rotatable bonds is 3. The molecule has 0 aliphatic rings. The highest BCUT2D eigenvalue weighted by Gasteiger charge is 2.30. The first-order valence-electron chi connectivity index (χ1n) is 5.59. The van der Waals surface area contributed by atoms with Crippen LogP contribution < -0.4 is 0 Å². The van der Waals surface area contributed by atoms with Crippen LogP contribution in [-0.2, 0) is 0 Å². The molecule has 12 heteroatoms. The molecular formula is C11H7BrN4O7. The Hall–Kier alpha value is -3.15. The van der Waals surface area contributed by atoms with Crippen LogP contribution in [-0.4, -0.2) is 24.9 Å². The minimum absolute atomic E-state index is 0.447. The lowest BCUT2D eigenvalue weighted by Gasteiger charge is -1.97. The highest BCUT2D eigenvalue weighted by atomic mass is 79.9. The van der Waals surface area contributed by atoms with Gasteiger partial charge in [-0.3, -0.25) is 35.3 Å². The van der Waals surface area contributed by atoms with Crippen molar-refractivity contribution in [2.75, 3.05) is 0 Å². The van der Waals surface area contributed by atoms with Gasteiger partial charge in [-0.25, -0.2) is 0 Å². The van der Waals surface area contributed by atoms with Crippen molar-refractivity contribution >= 4 is 33.0 Å². The van der Waals surface area contributed by atoms with Gasteiger partial charge in [-0.15, -0.1) is 0 Å². The van der Waals surface area contributed by atoms with Crippen LogP contribution in [0.1, 0.15) is 0 Å². The number of aromatic nitrogens is 1. The molecule has 0 spiro atoms. The molecule has 0 aliphatic heterocycles. The number of hydrogen-bond acceptors (Lipinski definition) is 8. The van der Waals surface area contributed by atoms with Gasteiger partial charge in [0, 0.05) is 16.9 Å². The molecule has 0 radical (unpaired) electrons. The van der Waals surface area contributed by atoms with E-state index in [1.165, 1.54) is 0 Å². The van der Waals surface area contributed by atoms with Crippen molar-refractivity contribution in [3.63, 3.8) is 0 Å². The lowest BCUT2D eigenvalue weighted by Crippen LogP contribution is -1.97. The molecule has 0 atom stereocenters. The van der Waals surface area contributed by atoms with Gasteiger partial charge >= 0.3 is 11.4 Å². The zero-order valence-electron chi connectivity index (χ0n) is 11.0. The summed E-state index contributed by atoms with van der Waals surface area (Å²) in [4.78, 5) is 31.6. The summed E-state index contributed by atoms with van der Waals surface area (Å²) in [5.74, 6) is -1.21. The van der Waals surface area contributed by atoms with E-state index in [1.54, 1.807) is 12.4 Å². The number of phenols is 1. The van der Waals surface area contributed by atoms with Crippen LogP contribution in [0.25, 0.3) is 0 Å². The summed E-state index contributed by atoms with van der Waals surface area (Å²) in [5, 5.41) is 40.2. The van der Waals surface area contributed by atoms with E-state index in [2.05, 4.69) is 20.9 Å². The van der Waals surface area contributed by atoms with E-state index in [1.807, 2.05) is 12.1 Å². The average Bonchev–Trinajstić information content (AvgIpc) is 2.48. The number of non-ortho nitro benzene ring substituents is 1. The minimum Gasteiger partial charge on any atom is -0.497 e. The van der Waals surface area contributed by atoms with Crippen molar-refractivity contribution in [2.45, 2.75) is 0 Å². The molecule has 1 aromatic heterocycles. The summed E-state index contributed by atoms with van der Waals surface area (Å²) in [6, 6.07) is 4.71. The molecule has 120 valence electrons. The summed E-state index contributed by atoms with van der Waals surface area (Å²) in [7, 11) is 0. The van der Waals surface area contributed by atoms with Crippen LogP contribution in [0.2, 0.25) is 0 Å². The second-order valence-electron chi connectivity index (χ2n) is 3.78. The summed E-state index contributed by atoms with van der Waals surface area (Å²) < 4.78 is 1.02. The van der Waals surface area contributed by atoms with Gasteiger partial charge in [-0.2, -0.15) is 0 Å². The first-order chi connectivity index (χ1) is 10.7. The maximum atomic E-state index is 10.4. The molecule has 0 saturated carbocycles. The van der Waals surface area contributed by atoms with Crippen LogP contribution in [0.15, 0.2) is 41.1 Å². The fraction of sp³-hybridized carbons (Fsp3) is 0. The predicted molar refractivity (Wildman–Crippen MR) is 80.0 cm³/mol. The van der Waals surface area contributed by atoms with Gasteiger partial charge in [-0.1, -0.05) is 0 Å². The fourth-order valence-corrected chi connectivity index (χ4v) is 1.59. The van der Waals surface area contributed by atoms with Crippen LogP contribution in [0.5, 0.6) is 5.75 Å². The van der Waals surface area contributed by atoms with E-state index < -0.39 is 37.6 Å². The second kappa shape index (κ2) is 7.74. The molecular weight excluding hydrogens is 380 g/mol. The van der Waals surface area contributed by atoms with Crippen molar-refractivity contribution in [1.29, 1.82) is 0 Å². The van der Waals surface area contributed by atoms with E-state index in [0.29, 0.717) is 12.1 Å². The number of aromatic hydroxyl groups is 1. The lowest BCUT2D eigenvalue weighted by atomic mass is 10.2. The summed E-state index contributed by atoms with van der Waals surface area (Å²) >= 11 is 3.25. The quantitative estimate of drug-likeness (QED) is 0.620. The minimum atomic E-state index is -1.21. The largest absolute Gasteiger partial charge is 0.497 e. The Labute approximate surface area is 135 Å². The molecule has 1 aromatic carbocycles. The molecule has 2 rings (SSSR count). The Bertz CT molecular complexity index is 718. The van der Waals surface area contributed by atoms with E-state index >= 15 is 0 Å². The fourth-order valence-electron chi connectivity index (χ4n) is 1.32. The Kier molecular flexibility index (Phi) is 6.03. The molecule has 23 heavy (non-hydrogen) atoms. The van der Waals surface area contributed by atoms with Crippen molar-refractivity contribution in [1.82, 2.24) is 4.98 Å². The average molecular weight is 387 g/mol. The van der Waals surface area contributed by atoms with E-state index in [0.717, 1.165) is 4.47 Å². The smallest absolute Gasteiger partial charge is 0.324 e. The molecule has 11 nitrogen and oxygen atoms in total. The topological polar surface area (TPSA) is 163 Å². The van der Waals surface area contributed by atoms with Crippen molar-refractivity contribution in [3.05, 3.63) is 71.5 Å². The molecule has 0 saturated heterocycles. The molecule has 0 bridgehead atoms. The Morgan fingerprint density at radius 3 is 1.78 bits per heavy atom. The summed E-state index contributed by atoms with van der Waals surface area (Å²) in [6.45, 7) is 0. The zero-order valence-corrected chi connectivity index (χ0v) is 12.6. The molecule has 1 heterocycles. The van der Waals surface area contributed by atoms with Crippen LogP contribution >= 0.6 is 15.9 Å². The monoisotopic (exact) mass is 386 g/mol. The molecule has 0 amide bonds. The Morgan fingerprint density at radius 1 is 1.00 bits per heavy atom. The van der Waals surface area contributed by atoms with Gasteiger partial charge in [0.1, 0.15) is 0 Å². The van der Waals surface area contributed by atoms with E-state index in [4.69, 9.17) is 5.11 Å². The van der Waals surface area contributed by atoms with E-state index in [9.17, 15) is 30.3 Å². The van der Waals surface area contributed by atoms with Crippen molar-refractivity contribution in [3.8, 4) is 5.75 Å². The molecule has 0 unspecified atom stereocenters. The number of benzene rings is 1. The maximum absolute atomic E-state index is 10.4. The van der Waals surface area contributed by atoms with Crippen LogP contribution in [0, 0.1) is 30.3 Å². The first-order valence-corrected chi connectivity index (χ1v) is 6.39. The third kappa shape index (κ3) is 4.96. The van der Waals surface area contributed by atoms with Crippen molar-refractivity contribution in [2.24, 2.45) is 0 Å². The van der Waals surface area contributed by atoms with Gasteiger partial charge < -0.3 is 5.11 Å². The van der Waals surface area contributed by atoms with Gasteiger partial charge in [0.2, 0.25) is 0 Å². The predicted octanol–water partition coefficient (Wildman–Crippen LogP) is 2.96. The second-order valence-corrected chi connectivity index (χ2v) is 4.69. The van der Waals surface area contributed by atoms with Gasteiger partial charge in [0.25, 0.3) is 11.4 Å². The molecule has 0 fully saturated rings. The third-order valence-corrected chi connectivity index (χ3v) is 2.75. The number of pyridine rings is 1. The van der Waals surface area contributed by atoms with Gasteiger partial charge in [0.05, 0.1) is 26.9 Å². The first kappa shape index (κ1) is 17.9. The van der Waals surface area contributed by atoms with Crippen LogP contribution in [0.3, 0.4) is 0 Å². The van der Waals surface area contributed by atoms with Gasteiger partial charge in [-0.05, 0) is 28.1 Å². The zero-order chi connectivity index (χ0) is 17.6. The SMILES string of the molecule is Brc1cccnc1.O=[N+]([O-])c1cc([N+](=O)[O-])c(O)c([N+](=O)[O-])c1. The van der Waals surface area contributed by atoms with E-state index in [-0.39, 0.29) is 0 Å². The Balaban J connectivity index is 0.000000313. The van der Waals surface area contributed by atoms with Gasteiger partial charge in [0.15, 0.2) is 0 Å². The number of halogens is 1. The lowest BCUT2D eigenvalue weighted by molar-refractivity contribution is -0.404. The standard InChI is InChI=1S/C6H3N3O7.C5H4BrN/c10-6-4(8(13)14)1-3(7(11)12)2-5(6)9(15)16;6-5-2-1-3-7-4-5/h1-2,10H;1-4H. The molecule has 1 N–H and O–H groups in total. The highest BCUT2D eigenvalue weighted by molar-refractivity contribution is 9.10. The number of nitro groups is 3. The normalized spacial score (nSPS) is 9.43. The maximum Gasteiger partial charge on any atom is 0.324 e.